The fourth-order valence-corrected chi connectivity index (χ4v) is 2.80. The van der Waals surface area contributed by atoms with Gasteiger partial charge < -0.3 is 10.4 Å². The molecule has 0 bridgehead atoms. The highest BCUT2D eigenvalue weighted by Gasteiger charge is 2.22. The first-order valence-corrected chi connectivity index (χ1v) is 7.20. The van der Waals surface area contributed by atoms with Gasteiger partial charge in [-0.25, -0.2) is 0 Å². The second kappa shape index (κ2) is 9.00. The molecule has 0 spiro atoms. The molecule has 1 saturated carbocycles. The Balaban J connectivity index is 2.10. The summed E-state index contributed by atoms with van der Waals surface area (Å²) in [7, 11) is 0. The Labute approximate surface area is 101 Å². The zero-order valence-electron chi connectivity index (χ0n) is 10.9. The molecule has 0 aliphatic heterocycles. The number of rotatable bonds is 8. The van der Waals surface area contributed by atoms with E-state index >= 15 is 0 Å². The minimum atomic E-state index is 0.389. The van der Waals surface area contributed by atoms with Gasteiger partial charge in [-0.3, -0.25) is 0 Å². The molecule has 0 aromatic heterocycles. The molecule has 0 aromatic carbocycles. The van der Waals surface area contributed by atoms with Crippen molar-refractivity contribution in [3.8, 4) is 0 Å². The van der Waals surface area contributed by atoms with Crippen molar-refractivity contribution in [2.75, 3.05) is 19.7 Å². The van der Waals surface area contributed by atoms with Gasteiger partial charge in [0.15, 0.2) is 0 Å². The molecule has 1 atom stereocenters. The van der Waals surface area contributed by atoms with E-state index in [1.807, 2.05) is 0 Å². The third-order valence-corrected chi connectivity index (χ3v) is 3.95. The average Bonchev–Trinajstić information content (AvgIpc) is 2.35. The van der Waals surface area contributed by atoms with Crippen LogP contribution in [0.2, 0.25) is 0 Å². The van der Waals surface area contributed by atoms with Gasteiger partial charge in [0.2, 0.25) is 0 Å². The van der Waals surface area contributed by atoms with E-state index in [-0.39, 0.29) is 0 Å². The molecule has 1 fully saturated rings. The molecular formula is C14H29NO. The van der Waals surface area contributed by atoms with Crippen LogP contribution in [0.3, 0.4) is 0 Å². The molecule has 2 N–H and O–H groups in total. The number of hydrogen-bond donors (Lipinski definition) is 2. The van der Waals surface area contributed by atoms with E-state index in [0.717, 1.165) is 25.4 Å². The van der Waals surface area contributed by atoms with Crippen LogP contribution in [0.1, 0.15) is 58.3 Å². The van der Waals surface area contributed by atoms with E-state index in [4.69, 9.17) is 0 Å². The molecule has 2 nitrogen and oxygen atoms in total. The summed E-state index contributed by atoms with van der Waals surface area (Å²) in [5.74, 6) is 1.35. The minimum Gasteiger partial charge on any atom is -0.396 e. The second-order valence-corrected chi connectivity index (χ2v) is 5.23. The maximum absolute atomic E-state index is 9.45. The molecule has 1 aliphatic carbocycles. The number of hydrogen-bond acceptors (Lipinski definition) is 2. The SMILES string of the molecule is CCCCNCCC(CO)C1CCCCC1. The normalized spacial score (nSPS) is 19.9. The van der Waals surface area contributed by atoms with Crippen LogP contribution in [0.15, 0.2) is 0 Å². The smallest absolute Gasteiger partial charge is 0.0462 e. The summed E-state index contributed by atoms with van der Waals surface area (Å²) in [6.07, 6.45) is 10.6. The van der Waals surface area contributed by atoms with Gasteiger partial charge in [-0.2, -0.15) is 0 Å². The van der Waals surface area contributed by atoms with Crippen molar-refractivity contribution in [3.05, 3.63) is 0 Å². The van der Waals surface area contributed by atoms with Crippen LogP contribution in [-0.4, -0.2) is 24.8 Å². The molecule has 0 radical (unpaired) electrons. The van der Waals surface area contributed by atoms with Crippen molar-refractivity contribution in [3.63, 3.8) is 0 Å². The third kappa shape index (κ3) is 5.31. The lowest BCUT2D eigenvalue weighted by molar-refractivity contribution is 0.139. The summed E-state index contributed by atoms with van der Waals surface area (Å²) in [4.78, 5) is 0. The van der Waals surface area contributed by atoms with E-state index in [1.54, 1.807) is 0 Å². The second-order valence-electron chi connectivity index (χ2n) is 5.23. The molecule has 1 unspecified atom stereocenters. The summed E-state index contributed by atoms with van der Waals surface area (Å²) in [5.41, 5.74) is 0. The van der Waals surface area contributed by atoms with Crippen LogP contribution in [0.25, 0.3) is 0 Å². The van der Waals surface area contributed by atoms with Crippen LogP contribution < -0.4 is 5.32 Å². The molecule has 0 heterocycles. The van der Waals surface area contributed by atoms with Crippen molar-refractivity contribution < 1.29 is 5.11 Å². The van der Waals surface area contributed by atoms with Gasteiger partial charge in [0.05, 0.1) is 0 Å². The molecule has 16 heavy (non-hydrogen) atoms. The highest BCUT2D eigenvalue weighted by Crippen LogP contribution is 2.31. The Morgan fingerprint density at radius 3 is 2.56 bits per heavy atom. The number of aliphatic hydroxyl groups is 1. The molecule has 0 saturated heterocycles. The lowest BCUT2D eigenvalue weighted by Crippen LogP contribution is -2.26. The van der Waals surface area contributed by atoms with Crippen LogP contribution in [0.4, 0.5) is 0 Å². The van der Waals surface area contributed by atoms with E-state index in [2.05, 4.69) is 12.2 Å². The Bertz CT molecular complexity index is 155. The summed E-state index contributed by atoms with van der Waals surface area (Å²) in [6.45, 7) is 4.83. The monoisotopic (exact) mass is 227 g/mol. The minimum absolute atomic E-state index is 0.389. The van der Waals surface area contributed by atoms with Gasteiger partial charge in [0.25, 0.3) is 0 Å². The predicted molar refractivity (Wildman–Crippen MR) is 69.5 cm³/mol. The van der Waals surface area contributed by atoms with Crippen molar-refractivity contribution in [2.45, 2.75) is 58.3 Å². The first kappa shape index (κ1) is 14.0. The van der Waals surface area contributed by atoms with Gasteiger partial charge in [0, 0.05) is 6.61 Å². The average molecular weight is 227 g/mol. The number of unbranched alkanes of at least 4 members (excludes halogenated alkanes) is 1. The molecule has 96 valence electrons. The molecular weight excluding hydrogens is 198 g/mol. The van der Waals surface area contributed by atoms with E-state index in [0.29, 0.717) is 12.5 Å². The fourth-order valence-electron chi connectivity index (χ4n) is 2.80. The number of aliphatic hydroxyl groups excluding tert-OH is 1. The van der Waals surface area contributed by atoms with Gasteiger partial charge in [-0.1, -0.05) is 45.4 Å². The summed E-state index contributed by atoms with van der Waals surface area (Å²) in [6, 6.07) is 0. The standard InChI is InChI=1S/C14H29NO/c1-2-3-10-15-11-9-14(12-16)13-7-5-4-6-8-13/h13-16H,2-12H2,1H3. The molecule has 0 amide bonds. The highest BCUT2D eigenvalue weighted by molar-refractivity contribution is 4.74. The summed E-state index contributed by atoms with van der Waals surface area (Å²) < 4.78 is 0. The van der Waals surface area contributed by atoms with Crippen LogP contribution in [-0.2, 0) is 0 Å². The molecule has 1 aliphatic rings. The van der Waals surface area contributed by atoms with Crippen molar-refractivity contribution in [1.82, 2.24) is 5.32 Å². The molecule has 1 rings (SSSR count). The lowest BCUT2D eigenvalue weighted by atomic mass is 9.79. The topological polar surface area (TPSA) is 32.3 Å². The van der Waals surface area contributed by atoms with E-state index < -0.39 is 0 Å². The predicted octanol–water partition coefficient (Wildman–Crippen LogP) is 2.96. The first-order chi connectivity index (χ1) is 7.88. The van der Waals surface area contributed by atoms with Crippen molar-refractivity contribution in [2.24, 2.45) is 11.8 Å². The maximum Gasteiger partial charge on any atom is 0.0462 e. The zero-order valence-corrected chi connectivity index (χ0v) is 10.9. The summed E-state index contributed by atoms with van der Waals surface area (Å²) >= 11 is 0. The fraction of sp³-hybridized carbons (Fsp3) is 1.00. The maximum atomic E-state index is 9.45. The van der Waals surface area contributed by atoms with Crippen LogP contribution >= 0.6 is 0 Å². The van der Waals surface area contributed by atoms with E-state index in [9.17, 15) is 5.11 Å². The summed E-state index contributed by atoms with van der Waals surface area (Å²) in [5, 5.41) is 12.9. The van der Waals surface area contributed by atoms with Gasteiger partial charge in [-0.15, -0.1) is 0 Å². The van der Waals surface area contributed by atoms with Crippen molar-refractivity contribution >= 4 is 0 Å². The number of nitrogens with one attached hydrogen (secondary N) is 1. The van der Waals surface area contributed by atoms with Gasteiger partial charge in [0.1, 0.15) is 0 Å². The largest absolute Gasteiger partial charge is 0.396 e. The lowest BCUT2D eigenvalue weighted by Gasteiger charge is -2.29. The Morgan fingerprint density at radius 1 is 1.19 bits per heavy atom. The Morgan fingerprint density at radius 2 is 1.94 bits per heavy atom. The third-order valence-electron chi connectivity index (χ3n) is 3.95. The van der Waals surface area contributed by atoms with Gasteiger partial charge in [-0.05, 0) is 37.8 Å². The quantitative estimate of drug-likeness (QED) is 0.625. The zero-order chi connectivity index (χ0) is 11.6. The van der Waals surface area contributed by atoms with Gasteiger partial charge >= 0.3 is 0 Å². The van der Waals surface area contributed by atoms with E-state index in [1.165, 1.54) is 44.9 Å². The highest BCUT2D eigenvalue weighted by atomic mass is 16.3. The molecule has 0 aromatic rings. The molecule has 2 heteroatoms. The van der Waals surface area contributed by atoms with Crippen LogP contribution in [0, 0.1) is 11.8 Å². The van der Waals surface area contributed by atoms with Crippen molar-refractivity contribution in [1.29, 1.82) is 0 Å². The Kier molecular flexibility index (Phi) is 7.87. The Hall–Kier alpha value is -0.0800. The first-order valence-electron chi connectivity index (χ1n) is 7.20. The van der Waals surface area contributed by atoms with Crippen LogP contribution in [0.5, 0.6) is 0 Å².